The highest BCUT2D eigenvalue weighted by Crippen LogP contribution is 2.42. The first-order chi connectivity index (χ1) is 23.4. The van der Waals surface area contributed by atoms with Crippen molar-refractivity contribution in [1.29, 1.82) is 0 Å². The molecule has 4 unspecified atom stereocenters. The minimum Gasteiger partial charge on any atom is -0.458 e. The van der Waals surface area contributed by atoms with Crippen LogP contribution in [0.3, 0.4) is 0 Å². The number of H-pyrrole nitrogens is 1. The zero-order chi connectivity index (χ0) is 35.0. The first kappa shape index (κ1) is 34.7. The number of hydrogen-bond acceptors (Lipinski definition) is 5. The molecule has 3 aliphatic rings. The van der Waals surface area contributed by atoms with Gasteiger partial charge in [-0.15, -0.1) is 0 Å². The smallest absolute Gasteiger partial charge is 0.340 e. The summed E-state index contributed by atoms with van der Waals surface area (Å²) in [5.41, 5.74) is 7.08. The average Bonchev–Trinajstić information content (AvgIpc) is 3.56. The van der Waals surface area contributed by atoms with Crippen molar-refractivity contribution in [3.8, 4) is 11.1 Å². The minimum atomic E-state index is -0.331. The van der Waals surface area contributed by atoms with Gasteiger partial charge in [0.15, 0.2) is 0 Å². The molecule has 1 aromatic heterocycles. The Bertz CT molecular complexity index is 1760. The lowest BCUT2D eigenvalue weighted by atomic mass is 9.75. The molecule has 6 heteroatoms. The van der Waals surface area contributed by atoms with E-state index in [-0.39, 0.29) is 36.0 Å². The fourth-order valence-electron chi connectivity index (χ4n) is 9.13. The first-order valence-corrected chi connectivity index (χ1v) is 18.2. The molecular weight excluding hydrogens is 608 g/mol. The minimum absolute atomic E-state index is 0.135. The number of benzene rings is 2. The third-order valence-electron chi connectivity index (χ3n) is 11.0. The van der Waals surface area contributed by atoms with Gasteiger partial charge in [-0.2, -0.15) is 0 Å². The normalized spacial score (nSPS) is 29.6. The van der Waals surface area contributed by atoms with E-state index in [4.69, 9.17) is 14.5 Å². The van der Waals surface area contributed by atoms with Gasteiger partial charge >= 0.3 is 11.9 Å². The summed E-state index contributed by atoms with van der Waals surface area (Å²) in [6.45, 7) is 17.1. The molecule has 2 heterocycles. The molecule has 6 rings (SSSR count). The summed E-state index contributed by atoms with van der Waals surface area (Å²) >= 11 is 0. The lowest BCUT2D eigenvalue weighted by Gasteiger charge is -2.37. The Labute approximate surface area is 292 Å². The van der Waals surface area contributed by atoms with Crippen LogP contribution in [-0.2, 0) is 14.3 Å². The number of rotatable bonds is 7. The van der Waals surface area contributed by atoms with Gasteiger partial charge in [0.05, 0.1) is 22.5 Å². The number of aromatic nitrogens is 1. The number of carbonyl (C=O) groups is 2. The predicted molar refractivity (Wildman–Crippen MR) is 198 cm³/mol. The molecule has 2 aromatic carbocycles. The predicted octanol–water partition coefficient (Wildman–Crippen LogP) is 10.1. The van der Waals surface area contributed by atoms with E-state index in [0.29, 0.717) is 46.2 Å². The Morgan fingerprint density at radius 2 is 1.16 bits per heavy atom. The van der Waals surface area contributed by atoms with Crippen molar-refractivity contribution < 1.29 is 19.1 Å². The van der Waals surface area contributed by atoms with E-state index in [0.717, 1.165) is 59.3 Å². The maximum absolute atomic E-state index is 14.1. The fourth-order valence-corrected chi connectivity index (χ4v) is 9.13. The zero-order valence-corrected chi connectivity index (χ0v) is 30.4. The summed E-state index contributed by atoms with van der Waals surface area (Å²) in [6.07, 6.45) is 5.88. The van der Waals surface area contributed by atoms with E-state index in [2.05, 4.69) is 46.5 Å². The van der Waals surface area contributed by atoms with Gasteiger partial charge in [0, 0.05) is 22.5 Å². The van der Waals surface area contributed by atoms with E-state index in [1.165, 1.54) is 0 Å². The lowest BCUT2D eigenvalue weighted by Crippen LogP contribution is -2.38. The lowest BCUT2D eigenvalue weighted by molar-refractivity contribution is -0.152. The summed E-state index contributed by atoms with van der Waals surface area (Å²) in [6, 6.07) is 19.9. The van der Waals surface area contributed by atoms with Gasteiger partial charge in [-0.3, -0.25) is 4.99 Å². The summed E-state index contributed by atoms with van der Waals surface area (Å²) in [5, 5.41) is 0. The molecule has 2 fully saturated rings. The molecule has 1 N–H and O–H groups in total. The molecule has 258 valence electrons. The van der Waals surface area contributed by atoms with Crippen molar-refractivity contribution in [2.45, 2.75) is 93.3 Å². The van der Waals surface area contributed by atoms with Crippen LogP contribution < -0.4 is 0 Å². The van der Waals surface area contributed by atoms with Crippen molar-refractivity contribution in [1.82, 2.24) is 4.98 Å². The molecule has 0 saturated heterocycles. The number of carbonyl (C=O) groups excluding carboxylic acids is 2. The fraction of sp³-hybridized carbons (Fsp3) is 0.465. The maximum Gasteiger partial charge on any atom is 0.340 e. The van der Waals surface area contributed by atoms with E-state index in [1.54, 1.807) is 0 Å². The van der Waals surface area contributed by atoms with Crippen LogP contribution >= 0.6 is 0 Å². The van der Waals surface area contributed by atoms with Crippen molar-refractivity contribution in [2.75, 3.05) is 0 Å². The van der Waals surface area contributed by atoms with Gasteiger partial charge in [-0.1, -0.05) is 102 Å². The molecule has 49 heavy (non-hydrogen) atoms. The van der Waals surface area contributed by atoms with Gasteiger partial charge < -0.3 is 14.5 Å². The van der Waals surface area contributed by atoms with Crippen molar-refractivity contribution in [2.24, 2.45) is 40.5 Å². The number of aryl methyl sites for hydroxylation is 1. The largest absolute Gasteiger partial charge is 0.458 e. The molecule has 2 aliphatic carbocycles. The van der Waals surface area contributed by atoms with Crippen LogP contribution in [0.1, 0.15) is 101 Å². The van der Waals surface area contributed by atoms with Crippen molar-refractivity contribution in [3.63, 3.8) is 0 Å². The Morgan fingerprint density at radius 3 is 1.67 bits per heavy atom. The van der Waals surface area contributed by atoms with Crippen molar-refractivity contribution >= 4 is 29.3 Å². The summed E-state index contributed by atoms with van der Waals surface area (Å²) in [7, 11) is 0. The number of aromatic amines is 1. The number of aliphatic imine (C=N–C) groups is 1. The molecule has 3 aromatic rings. The quantitative estimate of drug-likeness (QED) is 0.256. The second-order valence-electron chi connectivity index (χ2n) is 15.4. The second kappa shape index (κ2) is 14.3. The highest BCUT2D eigenvalue weighted by atomic mass is 16.5. The van der Waals surface area contributed by atoms with E-state index >= 15 is 0 Å². The highest BCUT2D eigenvalue weighted by Gasteiger charge is 2.38. The molecule has 0 spiro atoms. The number of ether oxygens (including phenoxy) is 2. The summed E-state index contributed by atoms with van der Waals surface area (Å²) in [5.74, 6) is 1.75. The number of nitrogens with zero attached hydrogens (tertiary/aromatic N) is 1. The number of allylic oxidation sites excluding steroid dienone is 1. The molecule has 1 aliphatic heterocycles. The van der Waals surface area contributed by atoms with Crippen LogP contribution in [0.4, 0.5) is 0 Å². The van der Waals surface area contributed by atoms with E-state index < -0.39 is 0 Å². The van der Waals surface area contributed by atoms with Crippen LogP contribution in [0.5, 0.6) is 0 Å². The standard InChI is InChI=1S/C43H52N2O4/c1-24-19-26(3)40(27(4)20-24)48-42(46)36-30(7)44-34(38(36)32-15-11-9-12-16-32)23-35-39(33-17-13-10-14-18-33)37(31(8)45-35)43(47)49-41-28(5)21-25(2)22-29(41)6/h9-18,23-29,40-41,44H,19-22H2,1-8H3. The summed E-state index contributed by atoms with van der Waals surface area (Å²) in [4.78, 5) is 36.8. The van der Waals surface area contributed by atoms with Gasteiger partial charge in [0.1, 0.15) is 12.2 Å². The Balaban J connectivity index is 1.43. The Hall–Kier alpha value is -4.19. The molecule has 0 bridgehead atoms. The van der Waals surface area contributed by atoms with Gasteiger partial charge in [0.2, 0.25) is 0 Å². The van der Waals surface area contributed by atoms with Crippen LogP contribution in [0, 0.1) is 42.4 Å². The Morgan fingerprint density at radius 1 is 0.694 bits per heavy atom. The third kappa shape index (κ3) is 7.11. The van der Waals surface area contributed by atoms with E-state index in [1.807, 2.05) is 80.6 Å². The SMILES string of the molecule is CC1=NC(=Cc2[nH]c(C)c(C(=O)OC3C(C)CC(C)CC3C)c2-c2ccccc2)C(c2ccccc2)=C1C(=O)OC1C(C)CC(C)CC1C. The maximum atomic E-state index is 14.1. The highest BCUT2D eigenvalue weighted by molar-refractivity contribution is 6.29. The molecule has 0 radical (unpaired) electrons. The van der Waals surface area contributed by atoms with Crippen LogP contribution in [0.15, 0.2) is 76.9 Å². The van der Waals surface area contributed by atoms with Crippen molar-refractivity contribution in [3.05, 3.63) is 94.4 Å². The molecule has 4 atom stereocenters. The third-order valence-corrected chi connectivity index (χ3v) is 11.0. The summed E-state index contributed by atoms with van der Waals surface area (Å²) < 4.78 is 12.7. The number of esters is 2. The molecule has 0 amide bonds. The van der Waals surface area contributed by atoms with Gasteiger partial charge in [-0.05, 0) is 92.2 Å². The van der Waals surface area contributed by atoms with Crippen LogP contribution in [0.25, 0.3) is 22.8 Å². The monoisotopic (exact) mass is 660 g/mol. The zero-order valence-electron chi connectivity index (χ0n) is 30.4. The second-order valence-corrected chi connectivity index (χ2v) is 15.4. The Kier molecular flexibility index (Phi) is 10.1. The molecule has 6 nitrogen and oxygen atoms in total. The van der Waals surface area contributed by atoms with Gasteiger partial charge in [-0.25, -0.2) is 9.59 Å². The van der Waals surface area contributed by atoms with Crippen LogP contribution in [0.2, 0.25) is 0 Å². The number of nitrogens with one attached hydrogen (secondary N) is 1. The van der Waals surface area contributed by atoms with E-state index in [9.17, 15) is 9.59 Å². The topological polar surface area (TPSA) is 80.8 Å². The number of hydrogen-bond donors (Lipinski definition) is 1. The first-order valence-electron chi connectivity index (χ1n) is 18.2. The molecular formula is C43H52N2O4. The molecule has 2 saturated carbocycles. The average molecular weight is 661 g/mol. The van der Waals surface area contributed by atoms with Gasteiger partial charge in [0.25, 0.3) is 0 Å². The van der Waals surface area contributed by atoms with Crippen LogP contribution in [-0.4, -0.2) is 34.8 Å².